The first kappa shape index (κ1) is 23.1. The summed E-state index contributed by atoms with van der Waals surface area (Å²) in [6.07, 6.45) is 4.69. The van der Waals surface area contributed by atoms with Crippen LogP contribution in [0.1, 0.15) is 46.9 Å². The zero-order valence-electron chi connectivity index (χ0n) is 19.9. The quantitative estimate of drug-likeness (QED) is 0.490. The summed E-state index contributed by atoms with van der Waals surface area (Å²) in [5.74, 6) is 0.898. The fourth-order valence-electron chi connectivity index (χ4n) is 5.23. The molecule has 0 aromatic carbocycles. The van der Waals surface area contributed by atoms with Gasteiger partial charge in [-0.1, -0.05) is 6.07 Å². The van der Waals surface area contributed by atoms with Gasteiger partial charge >= 0.3 is 0 Å². The molecule has 3 aromatic rings. The Morgan fingerprint density at radius 2 is 1.97 bits per heavy atom. The molecule has 2 aliphatic rings. The molecule has 0 spiro atoms. The summed E-state index contributed by atoms with van der Waals surface area (Å²) in [4.78, 5) is 9.41. The highest BCUT2D eigenvalue weighted by Gasteiger charge is 2.41. The lowest BCUT2D eigenvalue weighted by molar-refractivity contribution is 0.0369. The van der Waals surface area contributed by atoms with E-state index in [9.17, 15) is 0 Å². The number of aromatic nitrogens is 2. The molecule has 34 heavy (non-hydrogen) atoms. The number of hydrogen-bond donors (Lipinski definition) is 1. The van der Waals surface area contributed by atoms with E-state index in [4.69, 9.17) is 21.4 Å². The summed E-state index contributed by atoms with van der Waals surface area (Å²) < 4.78 is 13.6. The minimum Gasteiger partial charge on any atom is -0.467 e. The molecule has 0 bridgehead atoms. The van der Waals surface area contributed by atoms with Crippen molar-refractivity contribution in [1.29, 1.82) is 0 Å². The first-order chi connectivity index (χ1) is 16.6. The third kappa shape index (κ3) is 4.76. The van der Waals surface area contributed by atoms with Gasteiger partial charge in [-0.05, 0) is 68.4 Å². The summed E-state index contributed by atoms with van der Waals surface area (Å²) in [5.41, 5.74) is 4.86. The molecule has 2 aliphatic heterocycles. The highest BCUT2D eigenvalue weighted by atomic mass is 32.1. The minimum absolute atomic E-state index is 0.0223. The molecule has 8 heteroatoms. The van der Waals surface area contributed by atoms with Gasteiger partial charge in [-0.25, -0.2) is 0 Å². The third-order valence-corrected chi connectivity index (χ3v) is 7.35. The number of pyridine rings is 1. The molecule has 0 saturated carbocycles. The highest BCUT2D eigenvalue weighted by molar-refractivity contribution is 7.80. The van der Waals surface area contributed by atoms with Gasteiger partial charge in [0.1, 0.15) is 5.76 Å². The maximum absolute atomic E-state index is 5.82. The van der Waals surface area contributed by atoms with Crippen molar-refractivity contribution in [3.05, 3.63) is 77.3 Å². The second-order valence-electron chi connectivity index (χ2n) is 9.12. The van der Waals surface area contributed by atoms with E-state index in [1.54, 1.807) is 6.26 Å². The van der Waals surface area contributed by atoms with Crippen LogP contribution in [0.3, 0.4) is 0 Å². The number of nitrogens with one attached hydrogen (secondary N) is 1. The molecule has 2 fully saturated rings. The van der Waals surface area contributed by atoms with Crippen molar-refractivity contribution in [2.24, 2.45) is 0 Å². The summed E-state index contributed by atoms with van der Waals surface area (Å²) in [7, 11) is 0. The van der Waals surface area contributed by atoms with Gasteiger partial charge in [-0.2, -0.15) is 0 Å². The molecule has 2 atom stereocenters. The van der Waals surface area contributed by atoms with Crippen LogP contribution in [0.4, 0.5) is 0 Å². The van der Waals surface area contributed by atoms with Gasteiger partial charge in [0.15, 0.2) is 5.11 Å². The van der Waals surface area contributed by atoms with E-state index in [0.29, 0.717) is 6.54 Å². The Morgan fingerprint density at radius 3 is 2.71 bits per heavy atom. The van der Waals surface area contributed by atoms with E-state index < -0.39 is 0 Å². The zero-order chi connectivity index (χ0) is 23.5. The molecule has 0 radical (unpaired) electrons. The monoisotopic (exact) mass is 479 g/mol. The molecule has 0 aliphatic carbocycles. The number of thiocarbonyl (C=S) groups is 1. The van der Waals surface area contributed by atoms with Crippen molar-refractivity contribution in [3.63, 3.8) is 0 Å². The van der Waals surface area contributed by atoms with Crippen molar-refractivity contribution in [2.45, 2.75) is 45.4 Å². The van der Waals surface area contributed by atoms with Crippen molar-refractivity contribution in [2.75, 3.05) is 32.8 Å². The molecule has 0 amide bonds. The van der Waals surface area contributed by atoms with Crippen molar-refractivity contribution < 1.29 is 9.15 Å². The van der Waals surface area contributed by atoms with Crippen LogP contribution < -0.4 is 5.32 Å². The number of morpholine rings is 1. The van der Waals surface area contributed by atoms with Gasteiger partial charge in [0, 0.05) is 43.8 Å². The number of ether oxygens (including phenoxy) is 1. The van der Waals surface area contributed by atoms with E-state index >= 15 is 0 Å². The van der Waals surface area contributed by atoms with E-state index in [2.05, 4.69) is 50.6 Å². The Morgan fingerprint density at radius 1 is 1.12 bits per heavy atom. The summed E-state index contributed by atoms with van der Waals surface area (Å²) in [5, 5.41) is 4.28. The number of furan rings is 1. The first-order valence-corrected chi connectivity index (χ1v) is 12.5. The van der Waals surface area contributed by atoms with Crippen LogP contribution in [-0.4, -0.2) is 57.3 Å². The lowest BCUT2D eigenvalue weighted by Gasteiger charge is -2.28. The summed E-state index contributed by atoms with van der Waals surface area (Å²) in [6.45, 7) is 10.9. The van der Waals surface area contributed by atoms with Crippen LogP contribution in [0.15, 0.2) is 53.3 Å². The maximum atomic E-state index is 5.82. The summed E-state index contributed by atoms with van der Waals surface area (Å²) in [6, 6.07) is 12.3. The van der Waals surface area contributed by atoms with E-state index in [1.807, 2.05) is 30.5 Å². The third-order valence-electron chi connectivity index (χ3n) is 7.00. The van der Waals surface area contributed by atoms with Crippen LogP contribution in [0.25, 0.3) is 0 Å². The number of aryl methyl sites for hydroxylation is 1. The molecule has 2 saturated heterocycles. The molecule has 1 N–H and O–H groups in total. The van der Waals surface area contributed by atoms with Crippen molar-refractivity contribution in [3.8, 4) is 0 Å². The predicted molar refractivity (Wildman–Crippen MR) is 135 cm³/mol. The average molecular weight is 480 g/mol. The van der Waals surface area contributed by atoms with Gasteiger partial charge < -0.3 is 23.9 Å². The van der Waals surface area contributed by atoms with Gasteiger partial charge in [0.2, 0.25) is 0 Å². The Kier molecular flexibility index (Phi) is 6.99. The fourth-order valence-corrected chi connectivity index (χ4v) is 5.54. The number of nitrogens with zero attached hydrogens (tertiary/aromatic N) is 4. The molecule has 3 aromatic heterocycles. The average Bonchev–Trinajstić information content (AvgIpc) is 3.56. The lowest BCUT2D eigenvalue weighted by Crippen LogP contribution is -2.37. The van der Waals surface area contributed by atoms with Crippen LogP contribution in [0, 0.1) is 13.8 Å². The van der Waals surface area contributed by atoms with Crippen LogP contribution >= 0.6 is 12.2 Å². The SMILES string of the molecule is Cc1cc([C@H]2[C@@H](c3ccccn3)NC(=S)N2Cc2ccco2)c(C)n1CCCN1CCOCC1. The second kappa shape index (κ2) is 10.3. The van der Waals surface area contributed by atoms with Gasteiger partial charge in [-0.3, -0.25) is 9.88 Å². The summed E-state index contributed by atoms with van der Waals surface area (Å²) >= 11 is 5.82. The number of rotatable bonds is 8. The largest absolute Gasteiger partial charge is 0.467 e. The smallest absolute Gasteiger partial charge is 0.170 e. The molecule has 0 unspecified atom stereocenters. The molecule has 5 rings (SSSR count). The van der Waals surface area contributed by atoms with Crippen LogP contribution in [0.2, 0.25) is 0 Å². The lowest BCUT2D eigenvalue weighted by atomic mass is 9.96. The van der Waals surface area contributed by atoms with Crippen molar-refractivity contribution >= 4 is 17.3 Å². The van der Waals surface area contributed by atoms with Crippen LogP contribution in [-0.2, 0) is 17.8 Å². The molecule has 7 nitrogen and oxygen atoms in total. The maximum Gasteiger partial charge on any atom is 0.170 e. The zero-order valence-corrected chi connectivity index (χ0v) is 20.8. The highest BCUT2D eigenvalue weighted by Crippen LogP contribution is 2.41. The molecule has 180 valence electrons. The molecule has 5 heterocycles. The Bertz CT molecular complexity index is 1090. The van der Waals surface area contributed by atoms with Gasteiger partial charge in [0.25, 0.3) is 0 Å². The standard InChI is InChI=1S/C26H33N5O2S/c1-19-17-22(20(2)30(19)11-6-10-29-12-15-32-16-13-29)25-24(23-8-3-4-9-27-23)28-26(34)31(25)18-21-7-5-14-33-21/h3-5,7-9,14,17,24-25H,6,10-13,15-16,18H2,1-2H3,(H,28,34)/t24-,25+/m1/s1. The fraction of sp³-hybridized carbons (Fsp3) is 0.462. The first-order valence-electron chi connectivity index (χ1n) is 12.1. The Balaban J connectivity index is 1.41. The Hall–Kier alpha value is -2.68. The second-order valence-corrected chi connectivity index (χ2v) is 9.51. The van der Waals surface area contributed by atoms with Crippen LogP contribution in [0.5, 0.6) is 0 Å². The molecular weight excluding hydrogens is 446 g/mol. The molecular formula is C26H33N5O2S. The van der Waals surface area contributed by atoms with E-state index in [1.165, 1.54) is 17.0 Å². The Labute approximate surface area is 206 Å². The van der Waals surface area contributed by atoms with Gasteiger partial charge in [-0.15, -0.1) is 0 Å². The van der Waals surface area contributed by atoms with E-state index in [0.717, 1.165) is 62.4 Å². The normalized spacial score (nSPS) is 21.2. The van der Waals surface area contributed by atoms with E-state index in [-0.39, 0.29) is 12.1 Å². The predicted octanol–water partition coefficient (Wildman–Crippen LogP) is 3.99. The van der Waals surface area contributed by atoms with Crippen molar-refractivity contribution in [1.82, 2.24) is 24.7 Å². The minimum atomic E-state index is -0.0223. The van der Waals surface area contributed by atoms with Gasteiger partial charge in [0.05, 0.1) is 43.8 Å². The number of hydrogen-bond acceptors (Lipinski definition) is 5. The topological polar surface area (TPSA) is 58.7 Å².